The first-order valence-corrected chi connectivity index (χ1v) is 9.58. The van der Waals surface area contributed by atoms with Crippen molar-refractivity contribution >= 4 is 0 Å². The summed E-state index contributed by atoms with van der Waals surface area (Å²) in [7, 11) is 4.35. The maximum Gasteiger partial charge on any atom is 0.0233 e. The number of hydrogen-bond acceptors (Lipinski definition) is 1. The molecule has 0 saturated carbocycles. The molecule has 0 radical (unpaired) electrons. The summed E-state index contributed by atoms with van der Waals surface area (Å²) in [6.07, 6.45) is 8.07. The van der Waals surface area contributed by atoms with E-state index in [1.165, 1.54) is 23.1 Å². The zero-order chi connectivity index (χ0) is 18.4. The lowest BCUT2D eigenvalue weighted by Gasteiger charge is -2.30. The molecule has 0 saturated heterocycles. The highest BCUT2D eigenvalue weighted by Crippen LogP contribution is 2.36. The summed E-state index contributed by atoms with van der Waals surface area (Å²) in [5.74, 6) is 1.70. The third-order valence-electron chi connectivity index (χ3n) is 5.16. The molecule has 0 aromatic rings. The first-order valence-electron chi connectivity index (χ1n) is 9.58. The average Bonchev–Trinajstić information content (AvgIpc) is 2.47. The molecule has 0 N–H and O–H groups in total. The van der Waals surface area contributed by atoms with Gasteiger partial charge in [0.1, 0.15) is 0 Å². The van der Waals surface area contributed by atoms with Crippen LogP contribution in [0.5, 0.6) is 0 Å². The van der Waals surface area contributed by atoms with Gasteiger partial charge in [0, 0.05) is 6.54 Å². The maximum atomic E-state index is 4.21. The molecule has 0 bridgehead atoms. The van der Waals surface area contributed by atoms with Gasteiger partial charge in [-0.1, -0.05) is 70.1 Å². The molecule has 1 atom stereocenters. The highest BCUT2D eigenvalue weighted by atomic mass is 15.0. The lowest BCUT2D eigenvalue weighted by atomic mass is 9.78. The van der Waals surface area contributed by atoms with Gasteiger partial charge in [0.2, 0.25) is 0 Å². The fourth-order valence-electron chi connectivity index (χ4n) is 3.98. The van der Waals surface area contributed by atoms with Crippen LogP contribution in [-0.2, 0) is 0 Å². The molecule has 0 heterocycles. The van der Waals surface area contributed by atoms with Crippen LogP contribution in [0.3, 0.4) is 0 Å². The van der Waals surface area contributed by atoms with Crippen molar-refractivity contribution in [3.63, 3.8) is 0 Å². The lowest BCUT2D eigenvalue weighted by Crippen LogP contribution is -2.22. The van der Waals surface area contributed by atoms with Crippen LogP contribution in [0.4, 0.5) is 0 Å². The normalized spacial score (nSPS) is 23.1. The van der Waals surface area contributed by atoms with E-state index in [0.717, 1.165) is 19.4 Å². The molecule has 0 aliphatic heterocycles. The molecule has 1 heteroatoms. The van der Waals surface area contributed by atoms with Crippen LogP contribution in [0, 0.1) is 17.8 Å². The fraction of sp³-hybridized carbons (Fsp3) is 0.652. The van der Waals surface area contributed by atoms with Crippen molar-refractivity contribution in [3.8, 4) is 0 Å². The number of rotatable bonds is 5. The first kappa shape index (κ1) is 21.0. The van der Waals surface area contributed by atoms with E-state index in [0.29, 0.717) is 17.8 Å². The minimum Gasteiger partial charge on any atom is -0.305 e. The Labute approximate surface area is 151 Å². The van der Waals surface area contributed by atoms with Gasteiger partial charge in [0.15, 0.2) is 0 Å². The minimum absolute atomic E-state index is 0.561. The van der Waals surface area contributed by atoms with Gasteiger partial charge in [0.05, 0.1) is 0 Å². The lowest BCUT2D eigenvalue weighted by molar-refractivity contribution is 0.437. The molecule has 1 nitrogen and oxygen atoms in total. The molecule has 1 aliphatic carbocycles. The van der Waals surface area contributed by atoms with Crippen LogP contribution in [0.15, 0.2) is 46.6 Å². The zero-order valence-electron chi connectivity index (χ0n) is 17.4. The topological polar surface area (TPSA) is 3.24 Å². The highest BCUT2D eigenvalue weighted by Gasteiger charge is 2.22. The summed E-state index contributed by atoms with van der Waals surface area (Å²) in [4.78, 5) is 2.30. The Morgan fingerprint density at radius 3 is 2.25 bits per heavy atom. The summed E-state index contributed by atoms with van der Waals surface area (Å²) in [6, 6.07) is 0. The molecule has 0 aromatic carbocycles. The predicted octanol–water partition coefficient (Wildman–Crippen LogP) is 6.41. The zero-order valence-corrected chi connectivity index (χ0v) is 17.4. The van der Waals surface area contributed by atoms with Gasteiger partial charge in [-0.25, -0.2) is 0 Å². The summed E-state index contributed by atoms with van der Waals surface area (Å²) in [5.41, 5.74) is 7.66. The molecule has 136 valence electrons. The van der Waals surface area contributed by atoms with Gasteiger partial charge in [-0.3, -0.25) is 0 Å². The Bertz CT molecular complexity index is 526. The van der Waals surface area contributed by atoms with Crippen molar-refractivity contribution in [1.29, 1.82) is 0 Å². The summed E-state index contributed by atoms with van der Waals surface area (Å²) in [5, 5.41) is 0. The molecule has 1 aliphatic rings. The van der Waals surface area contributed by atoms with Crippen molar-refractivity contribution in [3.05, 3.63) is 46.6 Å². The van der Waals surface area contributed by atoms with Gasteiger partial charge in [0.25, 0.3) is 0 Å². The Kier molecular flexibility index (Phi) is 8.22. The molecule has 0 fully saturated rings. The Morgan fingerprint density at radius 2 is 1.79 bits per heavy atom. The van der Waals surface area contributed by atoms with Crippen LogP contribution in [0.1, 0.15) is 60.8 Å². The smallest absolute Gasteiger partial charge is 0.0233 e. The summed E-state index contributed by atoms with van der Waals surface area (Å²) >= 11 is 0. The van der Waals surface area contributed by atoms with E-state index in [2.05, 4.69) is 79.3 Å². The predicted molar refractivity (Wildman–Crippen MR) is 109 cm³/mol. The van der Waals surface area contributed by atoms with E-state index in [9.17, 15) is 0 Å². The second-order valence-electron chi connectivity index (χ2n) is 8.31. The number of allylic oxidation sites excluding steroid dienone is 5. The van der Waals surface area contributed by atoms with E-state index >= 15 is 0 Å². The molecule has 1 rings (SSSR count). The van der Waals surface area contributed by atoms with Crippen LogP contribution < -0.4 is 0 Å². The maximum absolute atomic E-state index is 4.21. The van der Waals surface area contributed by atoms with Crippen molar-refractivity contribution in [2.75, 3.05) is 20.6 Å². The van der Waals surface area contributed by atoms with Gasteiger partial charge in [-0.15, -0.1) is 0 Å². The largest absolute Gasteiger partial charge is 0.305 e. The molecule has 24 heavy (non-hydrogen) atoms. The van der Waals surface area contributed by atoms with E-state index in [1.807, 2.05) is 0 Å². The van der Waals surface area contributed by atoms with Gasteiger partial charge < -0.3 is 4.90 Å². The Balaban J connectivity index is 3.71. The van der Waals surface area contributed by atoms with Gasteiger partial charge in [-0.2, -0.15) is 0 Å². The molecule has 0 amide bonds. The average molecular weight is 330 g/mol. The first-order chi connectivity index (χ1) is 11.2. The third kappa shape index (κ3) is 5.48. The van der Waals surface area contributed by atoms with Crippen molar-refractivity contribution < 1.29 is 0 Å². The van der Waals surface area contributed by atoms with Crippen LogP contribution in [0.2, 0.25) is 0 Å². The van der Waals surface area contributed by atoms with Crippen LogP contribution in [-0.4, -0.2) is 25.5 Å². The molecule has 0 aromatic heterocycles. The van der Waals surface area contributed by atoms with E-state index in [4.69, 9.17) is 0 Å². The Morgan fingerprint density at radius 1 is 1.17 bits per heavy atom. The number of hydrogen-bond donors (Lipinski definition) is 0. The van der Waals surface area contributed by atoms with E-state index in [-0.39, 0.29) is 0 Å². The van der Waals surface area contributed by atoms with Crippen molar-refractivity contribution in [1.82, 2.24) is 4.90 Å². The van der Waals surface area contributed by atoms with E-state index < -0.39 is 0 Å². The Hall–Kier alpha value is -1.08. The van der Waals surface area contributed by atoms with Gasteiger partial charge >= 0.3 is 0 Å². The summed E-state index contributed by atoms with van der Waals surface area (Å²) in [6.45, 7) is 19.2. The van der Waals surface area contributed by atoms with Crippen LogP contribution >= 0.6 is 0 Å². The third-order valence-corrected chi connectivity index (χ3v) is 5.16. The van der Waals surface area contributed by atoms with E-state index in [1.54, 1.807) is 11.1 Å². The monoisotopic (exact) mass is 329 g/mol. The molecular weight excluding hydrogens is 290 g/mol. The van der Waals surface area contributed by atoms with Crippen LogP contribution in [0.25, 0.3) is 0 Å². The molecular formula is C23H39N. The minimum atomic E-state index is 0.561. The molecule has 1 unspecified atom stereocenters. The summed E-state index contributed by atoms with van der Waals surface area (Å²) < 4.78 is 0. The second kappa shape index (κ2) is 9.42. The molecule has 0 spiro atoms. The number of nitrogens with zero attached hydrogens (tertiary/aromatic N) is 1. The van der Waals surface area contributed by atoms with Gasteiger partial charge in [-0.05, 0) is 69.2 Å². The SMILES string of the molecule is C=CC1=C(C(C)C)CC/C(C)=C\CC(C)C(C(C)C)=C1CN(C)C. The standard InChI is InChI=1S/C23H39N/c1-10-20-21(16(2)3)14-12-18(6)11-13-19(7)23(17(4)5)22(20)15-24(8)9/h10-11,16-17,19H,1,12-15H2,2-9H3/b18-11-,21-20?,23-22?. The fourth-order valence-corrected chi connectivity index (χ4v) is 3.98. The number of likely N-dealkylation sites (N-methyl/N-ethyl adjacent to an activating group) is 1. The quantitative estimate of drug-likeness (QED) is 0.527. The highest BCUT2D eigenvalue weighted by molar-refractivity contribution is 5.48. The van der Waals surface area contributed by atoms with Crippen molar-refractivity contribution in [2.45, 2.75) is 60.8 Å². The van der Waals surface area contributed by atoms with Crippen molar-refractivity contribution in [2.24, 2.45) is 17.8 Å². The second-order valence-corrected chi connectivity index (χ2v) is 8.31.